The maximum absolute atomic E-state index is 13.7. The lowest BCUT2D eigenvalue weighted by Crippen LogP contribution is -2.39. The van der Waals surface area contributed by atoms with Gasteiger partial charge in [-0.05, 0) is 65.3 Å². The van der Waals surface area contributed by atoms with Gasteiger partial charge >= 0.3 is 0 Å². The Morgan fingerprint density at radius 3 is 1.23 bits per heavy atom. The molecule has 2 unspecified atom stereocenters. The van der Waals surface area contributed by atoms with Crippen molar-refractivity contribution in [3.63, 3.8) is 0 Å². The summed E-state index contributed by atoms with van der Waals surface area (Å²) in [6.07, 6.45) is 11.0. The molecule has 2 atom stereocenters. The number of hydrogen-bond donors (Lipinski definition) is 0. The van der Waals surface area contributed by atoms with Crippen molar-refractivity contribution in [2.75, 3.05) is 42.7 Å². The van der Waals surface area contributed by atoms with Gasteiger partial charge in [-0.2, -0.15) is 0 Å². The molecule has 0 amide bonds. The summed E-state index contributed by atoms with van der Waals surface area (Å²) in [4.78, 5) is 13.7. The number of hydrogen-bond acceptors (Lipinski definition) is 7. The maximum atomic E-state index is 13.7. The third kappa shape index (κ3) is 6.40. The summed E-state index contributed by atoms with van der Waals surface area (Å²) in [6, 6.07) is 14.3. The lowest BCUT2D eigenvalue weighted by Gasteiger charge is -2.45. The molecule has 1 aliphatic heterocycles. The molecule has 3 fully saturated rings. The molecule has 252 valence electrons. The molecule has 0 bridgehead atoms. The average molecular weight is 661 g/mol. The van der Waals surface area contributed by atoms with E-state index in [0.717, 1.165) is 22.3 Å². The molecule has 8 heteroatoms. The normalized spacial score (nSPS) is 21.9. The molecular formula is C39H49O7P. The van der Waals surface area contributed by atoms with Gasteiger partial charge in [-0.3, -0.25) is 4.79 Å². The van der Waals surface area contributed by atoms with Crippen LogP contribution in [-0.4, -0.2) is 59.8 Å². The summed E-state index contributed by atoms with van der Waals surface area (Å²) in [5, 5.41) is 1.28. The molecule has 2 aliphatic carbocycles. The molecule has 0 radical (unpaired) electrons. The minimum absolute atomic E-state index is 0.310. The first kappa shape index (κ1) is 33.5. The molecule has 2 saturated carbocycles. The van der Waals surface area contributed by atoms with E-state index >= 15 is 0 Å². The van der Waals surface area contributed by atoms with Crippen LogP contribution in [0.25, 0.3) is 22.3 Å². The van der Waals surface area contributed by atoms with Gasteiger partial charge in [0.05, 0.1) is 53.8 Å². The van der Waals surface area contributed by atoms with E-state index in [2.05, 4.69) is 18.2 Å². The van der Waals surface area contributed by atoms with E-state index in [-0.39, 0.29) is 0 Å². The van der Waals surface area contributed by atoms with E-state index in [4.69, 9.17) is 28.4 Å². The summed E-state index contributed by atoms with van der Waals surface area (Å²) in [6.45, 7) is 0. The van der Waals surface area contributed by atoms with Crippen LogP contribution in [0.3, 0.4) is 0 Å². The highest BCUT2D eigenvalue weighted by molar-refractivity contribution is 7.68. The Morgan fingerprint density at radius 2 is 0.915 bits per heavy atom. The molecule has 7 nitrogen and oxygen atoms in total. The van der Waals surface area contributed by atoms with Crippen LogP contribution in [0.4, 0.5) is 0 Å². The van der Waals surface area contributed by atoms with E-state index < -0.39 is 7.92 Å². The second-order valence-electron chi connectivity index (χ2n) is 13.1. The van der Waals surface area contributed by atoms with Gasteiger partial charge in [-0.15, -0.1) is 0 Å². The smallest absolute Gasteiger partial charge is 0.134 e. The number of carbonyl (C=O) groups is 1. The summed E-state index contributed by atoms with van der Waals surface area (Å²) in [5.41, 5.74) is 4.56. The van der Waals surface area contributed by atoms with Crippen molar-refractivity contribution in [1.82, 2.24) is 0 Å². The Morgan fingerprint density at radius 1 is 0.553 bits per heavy atom. The quantitative estimate of drug-likeness (QED) is 0.191. The summed E-state index contributed by atoms with van der Waals surface area (Å²) >= 11 is 0. The molecule has 3 aromatic rings. The Hall–Kier alpha value is -3.44. The summed E-state index contributed by atoms with van der Waals surface area (Å²) in [5.74, 6) is 5.59. The second-order valence-corrected chi connectivity index (χ2v) is 15.7. The largest absolute Gasteiger partial charge is 0.496 e. The first-order valence-electron chi connectivity index (χ1n) is 17.0. The third-order valence-electron chi connectivity index (χ3n) is 10.7. The Labute approximate surface area is 281 Å². The molecular weight excluding hydrogens is 611 g/mol. The zero-order valence-corrected chi connectivity index (χ0v) is 29.6. The molecule has 3 aromatic carbocycles. The number of ketones is 1. The standard InChI is InChI=1S/C39H49O7P/c1-41-27-20-31(43-3)37(32(21-27)44-4)29-16-11-17-30(38-33(45-5)22-28(42-2)23-34(38)46-6)39(29)47-35(24-12-7-8-13-24)18-26(40)19-36(47)25-14-9-10-15-25/h11,16-17,20-25,35-36H,7-10,12-15,18-19H2,1-6H3. The van der Waals surface area contributed by atoms with E-state index in [9.17, 15) is 4.79 Å². The van der Waals surface area contributed by atoms with Crippen LogP contribution in [0, 0.1) is 11.8 Å². The van der Waals surface area contributed by atoms with E-state index in [1.54, 1.807) is 42.7 Å². The van der Waals surface area contributed by atoms with Crippen LogP contribution in [-0.2, 0) is 4.79 Å². The topological polar surface area (TPSA) is 72.5 Å². The molecule has 47 heavy (non-hydrogen) atoms. The van der Waals surface area contributed by atoms with Gasteiger partial charge < -0.3 is 28.4 Å². The fourth-order valence-corrected chi connectivity index (χ4v) is 13.0. The van der Waals surface area contributed by atoms with Gasteiger partial charge in [0.15, 0.2) is 0 Å². The highest BCUT2D eigenvalue weighted by Crippen LogP contribution is 2.64. The van der Waals surface area contributed by atoms with Crippen molar-refractivity contribution >= 4 is 19.0 Å². The fraction of sp³-hybridized carbons (Fsp3) is 0.513. The van der Waals surface area contributed by atoms with Crippen molar-refractivity contribution < 1.29 is 33.2 Å². The minimum atomic E-state index is -0.829. The Balaban J connectivity index is 1.72. The van der Waals surface area contributed by atoms with Crippen molar-refractivity contribution in [2.45, 2.75) is 75.5 Å². The predicted octanol–water partition coefficient (Wildman–Crippen LogP) is 8.66. The predicted molar refractivity (Wildman–Crippen MR) is 189 cm³/mol. The Kier molecular flexibility index (Phi) is 10.5. The SMILES string of the molecule is COc1cc(OC)c(-c2cccc(-c3c(OC)cc(OC)cc3OC)c2P2C(C3CCCC3)CC(=O)CC2C2CCCC2)c(OC)c1. The number of carbonyl (C=O) groups excluding carboxylic acids is 1. The fourth-order valence-electron chi connectivity index (χ4n) is 8.56. The zero-order chi connectivity index (χ0) is 33.1. The molecule has 0 N–H and O–H groups in total. The van der Waals surface area contributed by atoms with E-state index in [1.165, 1.54) is 56.7 Å². The van der Waals surface area contributed by atoms with Gasteiger partial charge in [0.1, 0.15) is 40.3 Å². The van der Waals surface area contributed by atoms with Gasteiger partial charge in [-0.25, -0.2) is 0 Å². The number of methoxy groups -OCH3 is 6. The third-order valence-corrected chi connectivity index (χ3v) is 14.4. The molecule has 0 spiro atoms. The molecule has 6 rings (SSSR count). The molecule has 1 saturated heterocycles. The van der Waals surface area contributed by atoms with Gasteiger partial charge in [-0.1, -0.05) is 51.8 Å². The van der Waals surface area contributed by atoms with Crippen molar-refractivity contribution in [3.8, 4) is 56.8 Å². The van der Waals surface area contributed by atoms with Crippen LogP contribution >= 0.6 is 7.92 Å². The number of rotatable bonds is 11. The van der Waals surface area contributed by atoms with Gasteiger partial charge in [0.25, 0.3) is 0 Å². The van der Waals surface area contributed by atoms with E-state index in [1.807, 2.05) is 24.3 Å². The monoisotopic (exact) mass is 660 g/mol. The minimum Gasteiger partial charge on any atom is -0.496 e. The van der Waals surface area contributed by atoms with Gasteiger partial charge in [0.2, 0.25) is 0 Å². The summed E-state index contributed by atoms with van der Waals surface area (Å²) < 4.78 is 35.7. The zero-order valence-electron chi connectivity index (χ0n) is 28.7. The lowest BCUT2D eigenvalue weighted by molar-refractivity contribution is -0.119. The Bertz CT molecular complexity index is 1410. The van der Waals surface area contributed by atoms with Crippen LogP contribution in [0.15, 0.2) is 42.5 Å². The van der Waals surface area contributed by atoms with Crippen molar-refractivity contribution in [3.05, 3.63) is 42.5 Å². The first-order chi connectivity index (χ1) is 23.0. The van der Waals surface area contributed by atoms with Crippen molar-refractivity contribution in [2.24, 2.45) is 11.8 Å². The lowest BCUT2D eigenvalue weighted by atomic mass is 9.93. The number of Topliss-reactive ketones (excluding diaryl/α,β-unsaturated/α-hetero) is 1. The summed E-state index contributed by atoms with van der Waals surface area (Å²) in [7, 11) is 9.28. The molecule has 0 aromatic heterocycles. The van der Waals surface area contributed by atoms with Gasteiger partial charge in [0, 0.05) is 37.1 Å². The molecule has 3 aliphatic rings. The maximum Gasteiger partial charge on any atom is 0.134 e. The molecule has 1 heterocycles. The van der Waals surface area contributed by atoms with Crippen LogP contribution < -0.4 is 33.7 Å². The van der Waals surface area contributed by atoms with Crippen LogP contribution in [0.2, 0.25) is 0 Å². The highest BCUT2D eigenvalue weighted by atomic mass is 31.1. The van der Waals surface area contributed by atoms with Crippen LogP contribution in [0.1, 0.15) is 64.2 Å². The average Bonchev–Trinajstić information content (AvgIpc) is 3.85. The van der Waals surface area contributed by atoms with Crippen molar-refractivity contribution in [1.29, 1.82) is 0 Å². The highest BCUT2D eigenvalue weighted by Gasteiger charge is 2.47. The number of benzene rings is 3. The van der Waals surface area contributed by atoms with E-state index in [0.29, 0.717) is 76.3 Å². The van der Waals surface area contributed by atoms with Crippen LogP contribution in [0.5, 0.6) is 34.5 Å². The first-order valence-corrected chi connectivity index (χ1v) is 18.5. The number of ether oxygens (including phenoxy) is 6. The second kappa shape index (κ2) is 14.8.